The molecule has 0 radical (unpaired) electrons. The zero-order valence-corrected chi connectivity index (χ0v) is 16.5. The number of fused-ring (bicyclic) bond motifs is 1. The van der Waals surface area contributed by atoms with Crippen molar-refractivity contribution in [2.75, 3.05) is 32.8 Å². The molecule has 1 N–H and O–H groups in total. The number of benzene rings is 1. The lowest BCUT2D eigenvalue weighted by Gasteiger charge is -2.33. The average Bonchev–Trinajstić information content (AvgIpc) is 2.63. The van der Waals surface area contributed by atoms with Gasteiger partial charge >= 0.3 is 0 Å². The van der Waals surface area contributed by atoms with Crippen LogP contribution in [0.15, 0.2) is 50.7 Å². The van der Waals surface area contributed by atoms with Crippen molar-refractivity contribution in [3.8, 4) is 0 Å². The fraction of sp³-hybridized carbons (Fsp3) is 0.471. The smallest absolute Gasteiger partial charge is 0.184 e. The van der Waals surface area contributed by atoms with Crippen molar-refractivity contribution in [3.63, 3.8) is 0 Å². The van der Waals surface area contributed by atoms with Crippen molar-refractivity contribution in [1.82, 2.24) is 10.2 Å². The summed E-state index contributed by atoms with van der Waals surface area (Å²) in [7, 11) is -0.333. The number of nitrogens with one attached hydrogen (secondary N) is 1. The molecule has 3 heterocycles. The zero-order chi connectivity index (χ0) is 15.5. The van der Waals surface area contributed by atoms with Crippen LogP contribution in [0.5, 0.6) is 0 Å². The van der Waals surface area contributed by atoms with E-state index in [9.17, 15) is 0 Å². The SMILES string of the molecule is Cl.Cl.c1ccc(CS2=NC(N3CCNCC3)=C3OCCCC3=N2)cc1. The second-order valence-corrected chi connectivity index (χ2v) is 7.27. The van der Waals surface area contributed by atoms with Crippen LogP contribution in [0.3, 0.4) is 0 Å². The van der Waals surface area contributed by atoms with Gasteiger partial charge in [-0.25, -0.2) is 4.40 Å². The Kier molecular flexibility index (Phi) is 7.75. The second-order valence-electron chi connectivity index (χ2n) is 5.94. The fourth-order valence-corrected chi connectivity index (χ4v) is 4.53. The van der Waals surface area contributed by atoms with Crippen molar-refractivity contribution >= 4 is 41.4 Å². The van der Waals surface area contributed by atoms with Gasteiger partial charge in [0.25, 0.3) is 0 Å². The molecule has 1 atom stereocenters. The normalized spacial score (nSPS) is 22.5. The van der Waals surface area contributed by atoms with Gasteiger partial charge in [-0.1, -0.05) is 30.3 Å². The highest BCUT2D eigenvalue weighted by Crippen LogP contribution is 2.28. The molecule has 2 fully saturated rings. The Morgan fingerprint density at radius 3 is 2.64 bits per heavy atom. The first-order valence-corrected chi connectivity index (χ1v) is 9.58. The largest absolute Gasteiger partial charge is 0.488 e. The first-order chi connectivity index (χ1) is 11.4. The number of hydrogen-bond acceptors (Lipinski definition) is 5. The number of rotatable bonds is 3. The van der Waals surface area contributed by atoms with E-state index in [1.54, 1.807) is 0 Å². The topological polar surface area (TPSA) is 49.2 Å². The van der Waals surface area contributed by atoms with Crippen molar-refractivity contribution < 1.29 is 4.74 Å². The first kappa shape index (κ1) is 20.2. The Hall–Kier alpha value is -1.08. The molecule has 138 valence electrons. The number of allylic oxidation sites excluding steroid dienone is 1. The molecule has 0 amide bonds. The summed E-state index contributed by atoms with van der Waals surface area (Å²) in [4.78, 5) is 2.36. The van der Waals surface area contributed by atoms with Gasteiger partial charge in [0.05, 0.1) is 18.1 Å². The lowest BCUT2D eigenvalue weighted by Crippen LogP contribution is -2.44. The number of piperazine rings is 1. The molecule has 8 heteroatoms. The van der Waals surface area contributed by atoms with Crippen LogP contribution in [0.1, 0.15) is 18.4 Å². The number of nitrogens with zero attached hydrogens (tertiary/aromatic N) is 3. The summed E-state index contributed by atoms with van der Waals surface area (Å²) in [5, 5.41) is 3.40. The Morgan fingerprint density at radius 2 is 1.88 bits per heavy atom. The summed E-state index contributed by atoms with van der Waals surface area (Å²) in [6, 6.07) is 10.5. The monoisotopic (exact) mass is 402 g/mol. The van der Waals surface area contributed by atoms with Crippen LogP contribution in [0.25, 0.3) is 0 Å². The molecule has 1 unspecified atom stereocenters. The molecule has 0 spiro atoms. The van der Waals surface area contributed by atoms with Crippen molar-refractivity contribution in [2.45, 2.75) is 18.6 Å². The molecular weight excluding hydrogens is 379 g/mol. The zero-order valence-electron chi connectivity index (χ0n) is 14.0. The Morgan fingerprint density at radius 1 is 1.12 bits per heavy atom. The van der Waals surface area contributed by atoms with E-state index in [4.69, 9.17) is 13.5 Å². The lowest BCUT2D eigenvalue weighted by atomic mass is 10.1. The van der Waals surface area contributed by atoms with Gasteiger partial charge in [0, 0.05) is 37.1 Å². The van der Waals surface area contributed by atoms with E-state index < -0.39 is 0 Å². The molecule has 0 bridgehead atoms. The van der Waals surface area contributed by atoms with Crippen LogP contribution in [0.4, 0.5) is 0 Å². The fourth-order valence-electron chi connectivity index (χ4n) is 3.05. The molecule has 0 aromatic heterocycles. The highest BCUT2D eigenvalue weighted by molar-refractivity contribution is 7.85. The van der Waals surface area contributed by atoms with Gasteiger partial charge < -0.3 is 15.0 Å². The Bertz CT molecular complexity index is 672. The third-order valence-corrected chi connectivity index (χ3v) is 5.64. The predicted molar refractivity (Wildman–Crippen MR) is 109 cm³/mol. The van der Waals surface area contributed by atoms with Gasteiger partial charge in [-0.05, 0) is 18.4 Å². The van der Waals surface area contributed by atoms with Crippen molar-refractivity contribution in [1.29, 1.82) is 0 Å². The van der Waals surface area contributed by atoms with Crippen LogP contribution in [-0.4, -0.2) is 43.4 Å². The summed E-state index contributed by atoms with van der Waals surface area (Å²) >= 11 is 0. The summed E-state index contributed by atoms with van der Waals surface area (Å²) in [5.41, 5.74) is 2.42. The van der Waals surface area contributed by atoms with E-state index in [1.165, 1.54) is 5.56 Å². The number of hydrogen-bond donors (Lipinski definition) is 1. The second kappa shape index (κ2) is 9.57. The van der Waals surface area contributed by atoms with Crippen molar-refractivity contribution in [2.24, 2.45) is 8.76 Å². The summed E-state index contributed by atoms with van der Waals surface area (Å²) < 4.78 is 15.8. The Labute approximate surface area is 164 Å². The molecule has 1 aromatic rings. The third-order valence-electron chi connectivity index (χ3n) is 4.23. The molecule has 0 aliphatic carbocycles. The molecule has 3 aliphatic heterocycles. The maximum Gasteiger partial charge on any atom is 0.184 e. The Balaban J connectivity index is 0.00000113. The van der Waals surface area contributed by atoms with Gasteiger partial charge in [-0.15, -0.1) is 24.8 Å². The van der Waals surface area contributed by atoms with Crippen LogP contribution in [0.2, 0.25) is 0 Å². The predicted octanol–water partition coefficient (Wildman–Crippen LogP) is 3.09. The lowest BCUT2D eigenvalue weighted by molar-refractivity contribution is 0.192. The number of ether oxygens (including phenoxy) is 1. The van der Waals surface area contributed by atoms with E-state index in [2.05, 4.69) is 40.5 Å². The van der Waals surface area contributed by atoms with Crippen LogP contribution in [-0.2, 0) is 21.4 Å². The molecule has 5 nitrogen and oxygen atoms in total. The van der Waals surface area contributed by atoms with E-state index in [-0.39, 0.29) is 35.7 Å². The molecule has 4 rings (SSSR count). The molecule has 1 aromatic carbocycles. The van der Waals surface area contributed by atoms with E-state index >= 15 is 0 Å². The van der Waals surface area contributed by atoms with Crippen molar-refractivity contribution in [3.05, 3.63) is 47.5 Å². The highest BCUT2D eigenvalue weighted by Gasteiger charge is 2.28. The van der Waals surface area contributed by atoms with Crippen LogP contribution in [0, 0.1) is 0 Å². The summed E-state index contributed by atoms with van der Waals surface area (Å²) in [6.45, 7) is 4.77. The molecule has 3 aliphatic rings. The van der Waals surface area contributed by atoms with Gasteiger partial charge in [-0.2, -0.15) is 4.36 Å². The van der Waals surface area contributed by atoms with Crippen LogP contribution >= 0.6 is 24.8 Å². The van der Waals surface area contributed by atoms with Gasteiger partial charge in [0.2, 0.25) is 0 Å². The van der Waals surface area contributed by atoms with Gasteiger partial charge in [0.15, 0.2) is 11.6 Å². The standard InChI is InChI=1S/C17H22N4OS.2ClH/c1-2-5-14(6-3-1)13-23-19-15-7-4-12-22-16(15)17(20-23)21-10-8-18-9-11-21;;/h1-3,5-6,18H,4,7-13H2;2*1H. The quantitative estimate of drug-likeness (QED) is 0.844. The molecule has 0 saturated carbocycles. The summed E-state index contributed by atoms with van der Waals surface area (Å²) in [5.74, 6) is 2.86. The van der Waals surface area contributed by atoms with E-state index in [1.807, 2.05) is 0 Å². The van der Waals surface area contributed by atoms with Crippen LogP contribution < -0.4 is 5.32 Å². The minimum atomic E-state index is -0.333. The number of halogens is 2. The van der Waals surface area contributed by atoms with Gasteiger partial charge in [0.1, 0.15) is 0 Å². The molecular formula is C17H24Cl2N4OS. The third kappa shape index (κ3) is 4.76. The first-order valence-electron chi connectivity index (χ1n) is 8.27. The molecule has 25 heavy (non-hydrogen) atoms. The molecule has 2 saturated heterocycles. The summed E-state index contributed by atoms with van der Waals surface area (Å²) in [6.07, 6.45) is 2.07. The maximum atomic E-state index is 5.94. The minimum absolute atomic E-state index is 0. The van der Waals surface area contributed by atoms with Gasteiger partial charge in [-0.3, -0.25) is 0 Å². The highest BCUT2D eigenvalue weighted by atomic mass is 35.5. The minimum Gasteiger partial charge on any atom is -0.488 e. The van der Waals surface area contributed by atoms with E-state index in [0.29, 0.717) is 0 Å². The van der Waals surface area contributed by atoms with E-state index in [0.717, 1.165) is 68.7 Å². The average molecular weight is 403 g/mol. The maximum absolute atomic E-state index is 5.94.